The molecule has 0 aliphatic carbocycles. The smallest absolute Gasteiger partial charge is 0.172 e. The third-order valence-corrected chi connectivity index (χ3v) is 9.98. The maximum absolute atomic E-state index is 14.0. The average molecular weight is 393 g/mol. The number of hydrogen-bond donors (Lipinski definition) is 0. The van der Waals surface area contributed by atoms with Gasteiger partial charge in [0.2, 0.25) is 0 Å². The zero-order chi connectivity index (χ0) is 20.6. The van der Waals surface area contributed by atoms with Crippen molar-refractivity contribution in [1.29, 1.82) is 0 Å². The molecule has 0 saturated heterocycles. The molecule has 0 aliphatic heterocycles. The SMILES string of the molecule is C=C(C(CCCC)(CCCC)C(=O)c1ccccc1)[Si](C)(C)c1ccccc1. The summed E-state index contributed by atoms with van der Waals surface area (Å²) in [6.45, 7) is 13.8. The predicted octanol–water partition coefficient (Wildman–Crippen LogP) is 6.95. The molecule has 0 N–H and O–H groups in total. The van der Waals surface area contributed by atoms with Gasteiger partial charge < -0.3 is 0 Å². The zero-order valence-electron chi connectivity index (χ0n) is 18.1. The normalized spacial score (nSPS) is 12.0. The summed E-state index contributed by atoms with van der Waals surface area (Å²) in [6, 6.07) is 20.6. The molecule has 2 aromatic carbocycles. The standard InChI is InChI=1S/C26H36OSi/c1-6-8-20-26(21-9-7-2,25(27)23-16-12-10-13-17-23)22(3)28(4,5)24-18-14-11-15-19-24/h10-19H,3,6-9,20-21H2,1-2,4-5H3. The first-order valence-corrected chi connectivity index (χ1v) is 13.8. The van der Waals surface area contributed by atoms with E-state index in [0.717, 1.165) is 44.1 Å². The van der Waals surface area contributed by atoms with Gasteiger partial charge in [-0.1, -0.05) is 124 Å². The Morgan fingerprint density at radius 3 is 1.79 bits per heavy atom. The van der Waals surface area contributed by atoms with Crippen LogP contribution < -0.4 is 5.19 Å². The highest BCUT2D eigenvalue weighted by Crippen LogP contribution is 2.44. The fourth-order valence-corrected chi connectivity index (χ4v) is 7.18. The zero-order valence-corrected chi connectivity index (χ0v) is 19.1. The van der Waals surface area contributed by atoms with Gasteiger partial charge in [0.05, 0.1) is 5.41 Å². The monoisotopic (exact) mass is 392 g/mol. The molecule has 0 spiro atoms. The highest BCUT2D eigenvalue weighted by Gasteiger charge is 2.46. The quantitative estimate of drug-likeness (QED) is 0.299. The molecule has 0 unspecified atom stereocenters. The molecule has 0 radical (unpaired) electrons. The van der Waals surface area contributed by atoms with Crippen molar-refractivity contribution in [2.24, 2.45) is 5.41 Å². The molecule has 0 fully saturated rings. The van der Waals surface area contributed by atoms with Crippen LogP contribution in [0.25, 0.3) is 0 Å². The Balaban J connectivity index is 2.57. The van der Waals surface area contributed by atoms with Gasteiger partial charge in [-0.2, -0.15) is 0 Å². The number of Topliss-reactive ketones (excluding diaryl/α,β-unsaturated/α-hetero) is 1. The lowest BCUT2D eigenvalue weighted by atomic mass is 9.72. The second kappa shape index (κ2) is 10.0. The van der Waals surface area contributed by atoms with Gasteiger partial charge in [-0.05, 0) is 12.8 Å². The van der Waals surface area contributed by atoms with Crippen LogP contribution in [0.1, 0.15) is 62.7 Å². The Labute approximate surface area is 172 Å². The Morgan fingerprint density at radius 2 is 1.32 bits per heavy atom. The maximum Gasteiger partial charge on any atom is 0.172 e. The summed E-state index contributed by atoms with van der Waals surface area (Å²) in [5.41, 5.74) is 0.368. The summed E-state index contributed by atoms with van der Waals surface area (Å²) in [4.78, 5) is 14.0. The Bertz CT molecular complexity index is 754. The van der Waals surface area contributed by atoms with Crippen LogP contribution in [-0.2, 0) is 0 Å². The highest BCUT2D eigenvalue weighted by atomic mass is 28.3. The summed E-state index contributed by atoms with van der Waals surface area (Å²) in [5.74, 6) is 0.275. The molecule has 0 amide bonds. The number of carbonyl (C=O) groups is 1. The molecule has 28 heavy (non-hydrogen) atoms. The lowest BCUT2D eigenvalue weighted by molar-refractivity contribution is 0.0815. The summed E-state index contributed by atoms with van der Waals surface area (Å²) < 4.78 is 0. The molecule has 0 aromatic heterocycles. The van der Waals surface area contributed by atoms with E-state index >= 15 is 0 Å². The van der Waals surface area contributed by atoms with Crippen molar-refractivity contribution in [2.45, 2.75) is 65.5 Å². The van der Waals surface area contributed by atoms with Crippen LogP contribution in [-0.4, -0.2) is 13.9 Å². The largest absolute Gasteiger partial charge is 0.293 e. The number of allylic oxidation sites excluding steroid dienone is 1. The molecule has 2 rings (SSSR count). The number of unbranched alkanes of at least 4 members (excludes halogenated alkanes) is 2. The van der Waals surface area contributed by atoms with Crippen molar-refractivity contribution in [1.82, 2.24) is 0 Å². The van der Waals surface area contributed by atoms with Gasteiger partial charge in [-0.3, -0.25) is 4.79 Å². The molecule has 0 atom stereocenters. The van der Waals surface area contributed by atoms with Crippen molar-refractivity contribution in [2.75, 3.05) is 0 Å². The van der Waals surface area contributed by atoms with Gasteiger partial charge in [0.25, 0.3) is 0 Å². The van der Waals surface area contributed by atoms with E-state index in [4.69, 9.17) is 0 Å². The molecule has 0 bridgehead atoms. The predicted molar refractivity (Wildman–Crippen MR) is 125 cm³/mol. The topological polar surface area (TPSA) is 17.1 Å². The van der Waals surface area contributed by atoms with Crippen molar-refractivity contribution < 1.29 is 4.79 Å². The minimum atomic E-state index is -2.03. The molecule has 1 nitrogen and oxygen atoms in total. The summed E-state index contributed by atoms with van der Waals surface area (Å²) in [5, 5.41) is 2.56. The number of benzene rings is 2. The van der Waals surface area contributed by atoms with Crippen molar-refractivity contribution in [3.63, 3.8) is 0 Å². The van der Waals surface area contributed by atoms with Crippen LogP contribution in [0.2, 0.25) is 13.1 Å². The molecule has 0 heterocycles. The highest BCUT2D eigenvalue weighted by molar-refractivity contribution is 6.96. The summed E-state index contributed by atoms with van der Waals surface area (Å²) >= 11 is 0. The van der Waals surface area contributed by atoms with E-state index in [0.29, 0.717) is 0 Å². The van der Waals surface area contributed by atoms with E-state index in [1.54, 1.807) is 0 Å². The number of hydrogen-bond acceptors (Lipinski definition) is 1. The molecule has 150 valence electrons. The van der Waals surface area contributed by atoms with Gasteiger partial charge in [-0.15, -0.1) is 6.58 Å². The van der Waals surface area contributed by atoms with E-state index in [2.05, 4.69) is 63.9 Å². The lowest BCUT2D eigenvalue weighted by Gasteiger charge is -2.42. The minimum absolute atomic E-state index is 0.275. The van der Waals surface area contributed by atoms with Gasteiger partial charge in [0.15, 0.2) is 5.78 Å². The van der Waals surface area contributed by atoms with E-state index in [1.807, 2.05) is 30.3 Å². The molecular weight excluding hydrogens is 356 g/mol. The van der Waals surface area contributed by atoms with Crippen LogP contribution in [0.3, 0.4) is 0 Å². The summed E-state index contributed by atoms with van der Waals surface area (Å²) in [7, 11) is -2.03. The molecule has 2 aromatic rings. The Kier molecular flexibility index (Phi) is 8.00. The first-order chi connectivity index (χ1) is 13.4. The lowest BCUT2D eigenvalue weighted by Crippen LogP contribution is -2.51. The Hall–Kier alpha value is -1.93. The first kappa shape index (κ1) is 22.4. The average Bonchev–Trinajstić information content (AvgIpc) is 2.74. The fraction of sp³-hybridized carbons (Fsp3) is 0.423. The van der Waals surface area contributed by atoms with Crippen molar-refractivity contribution in [3.8, 4) is 0 Å². The Morgan fingerprint density at radius 1 is 0.857 bits per heavy atom. The van der Waals surface area contributed by atoms with Gasteiger partial charge in [0.1, 0.15) is 8.07 Å². The van der Waals surface area contributed by atoms with Crippen LogP contribution in [0.5, 0.6) is 0 Å². The third kappa shape index (κ3) is 4.72. The minimum Gasteiger partial charge on any atom is -0.293 e. The van der Waals surface area contributed by atoms with E-state index in [9.17, 15) is 4.79 Å². The van der Waals surface area contributed by atoms with E-state index in [-0.39, 0.29) is 5.78 Å². The third-order valence-electron chi connectivity index (χ3n) is 6.21. The molecular formula is C26H36OSi. The first-order valence-electron chi connectivity index (χ1n) is 10.8. The van der Waals surface area contributed by atoms with E-state index < -0.39 is 13.5 Å². The van der Waals surface area contributed by atoms with Crippen LogP contribution in [0.4, 0.5) is 0 Å². The van der Waals surface area contributed by atoms with Crippen molar-refractivity contribution in [3.05, 3.63) is 78.0 Å². The molecule has 0 aliphatic rings. The molecule has 0 saturated carbocycles. The van der Waals surface area contributed by atoms with Crippen LogP contribution in [0, 0.1) is 5.41 Å². The van der Waals surface area contributed by atoms with Gasteiger partial charge in [-0.25, -0.2) is 0 Å². The van der Waals surface area contributed by atoms with E-state index in [1.165, 1.54) is 10.4 Å². The number of ketones is 1. The van der Waals surface area contributed by atoms with Gasteiger partial charge >= 0.3 is 0 Å². The maximum atomic E-state index is 14.0. The van der Waals surface area contributed by atoms with Crippen LogP contribution >= 0.6 is 0 Å². The molecule has 2 heteroatoms. The van der Waals surface area contributed by atoms with Gasteiger partial charge in [0, 0.05) is 5.56 Å². The second-order valence-corrected chi connectivity index (χ2v) is 12.9. The fourth-order valence-electron chi connectivity index (χ4n) is 4.24. The van der Waals surface area contributed by atoms with Crippen LogP contribution in [0.15, 0.2) is 72.4 Å². The van der Waals surface area contributed by atoms with Crippen molar-refractivity contribution >= 4 is 19.0 Å². The summed E-state index contributed by atoms with van der Waals surface area (Å²) in [6.07, 6.45) is 6.10. The number of rotatable bonds is 11. The number of carbonyl (C=O) groups excluding carboxylic acids is 1. The second-order valence-electron chi connectivity index (χ2n) is 8.45.